The second-order valence-electron chi connectivity index (χ2n) is 2.26. The summed E-state index contributed by atoms with van der Waals surface area (Å²) in [5.74, 6) is -0.562. The molecule has 0 radical (unpaired) electrons. The zero-order valence-corrected chi connectivity index (χ0v) is 8.57. The van der Waals surface area contributed by atoms with Crippen molar-refractivity contribution in [2.24, 2.45) is 0 Å². The van der Waals surface area contributed by atoms with Crippen LogP contribution < -0.4 is 10.5 Å². The minimum absolute atomic E-state index is 0.0642. The van der Waals surface area contributed by atoms with Crippen molar-refractivity contribution in [2.45, 2.75) is 13.8 Å². The van der Waals surface area contributed by atoms with Gasteiger partial charge in [-0.2, -0.15) is 0 Å². The highest BCUT2D eigenvalue weighted by atomic mass is 16.5. The number of hydrogen-bond acceptors (Lipinski definition) is 3. The second-order valence-corrected chi connectivity index (χ2v) is 2.26. The van der Waals surface area contributed by atoms with E-state index in [4.69, 9.17) is 15.6 Å². The third-order valence-corrected chi connectivity index (χ3v) is 1.49. The van der Waals surface area contributed by atoms with E-state index in [0.29, 0.717) is 5.75 Å². The third-order valence-electron chi connectivity index (χ3n) is 1.49. The van der Waals surface area contributed by atoms with Crippen molar-refractivity contribution in [1.29, 1.82) is 0 Å². The van der Waals surface area contributed by atoms with Gasteiger partial charge in [-0.25, -0.2) is 4.79 Å². The molecular formula is C10H15NO3. The van der Waals surface area contributed by atoms with Gasteiger partial charge >= 0.3 is 5.97 Å². The highest BCUT2D eigenvalue weighted by Crippen LogP contribution is 2.18. The molecule has 0 unspecified atom stereocenters. The standard InChI is InChI=1S/C8H9NO3.C2H6/c1-12-5-2-3-7(9)6(4-5)8(10)11;1-2/h2-4H,9H2,1H3,(H,10,11);1-2H3. The van der Waals surface area contributed by atoms with E-state index in [1.54, 1.807) is 6.07 Å². The molecule has 1 rings (SSSR count). The number of nitrogens with two attached hydrogens (primary N) is 1. The van der Waals surface area contributed by atoms with Crippen LogP contribution in [-0.4, -0.2) is 18.2 Å². The van der Waals surface area contributed by atoms with Crippen LogP contribution >= 0.6 is 0 Å². The van der Waals surface area contributed by atoms with Gasteiger partial charge in [-0.1, -0.05) is 13.8 Å². The summed E-state index contributed by atoms with van der Waals surface area (Å²) in [5, 5.41) is 8.65. The minimum Gasteiger partial charge on any atom is -0.497 e. The number of carboxylic acids is 1. The maximum absolute atomic E-state index is 10.6. The summed E-state index contributed by atoms with van der Waals surface area (Å²) >= 11 is 0. The van der Waals surface area contributed by atoms with Crippen LogP contribution in [0.5, 0.6) is 5.75 Å². The first-order chi connectivity index (χ1) is 6.65. The number of nitrogen functional groups attached to an aromatic ring is 1. The molecule has 0 amide bonds. The van der Waals surface area contributed by atoms with Crippen molar-refractivity contribution < 1.29 is 14.6 Å². The maximum atomic E-state index is 10.6. The number of methoxy groups -OCH3 is 1. The van der Waals surface area contributed by atoms with Crippen LogP contribution in [0.3, 0.4) is 0 Å². The SMILES string of the molecule is CC.COc1ccc(N)c(C(=O)O)c1. The van der Waals surface area contributed by atoms with Crippen LogP contribution in [0.1, 0.15) is 24.2 Å². The van der Waals surface area contributed by atoms with Crippen LogP contribution in [-0.2, 0) is 0 Å². The molecule has 0 aliphatic heterocycles. The van der Waals surface area contributed by atoms with Gasteiger partial charge in [-0.05, 0) is 18.2 Å². The lowest BCUT2D eigenvalue weighted by Gasteiger charge is -2.03. The lowest BCUT2D eigenvalue weighted by atomic mass is 10.2. The molecule has 0 spiro atoms. The molecule has 0 saturated carbocycles. The molecule has 0 fully saturated rings. The van der Waals surface area contributed by atoms with Gasteiger partial charge < -0.3 is 15.6 Å². The van der Waals surface area contributed by atoms with Gasteiger partial charge in [-0.3, -0.25) is 0 Å². The van der Waals surface area contributed by atoms with E-state index in [9.17, 15) is 4.79 Å². The fraction of sp³-hybridized carbons (Fsp3) is 0.300. The summed E-state index contributed by atoms with van der Waals surface area (Å²) in [6.07, 6.45) is 0. The van der Waals surface area contributed by atoms with Crippen molar-refractivity contribution >= 4 is 11.7 Å². The highest BCUT2D eigenvalue weighted by molar-refractivity contribution is 5.94. The van der Waals surface area contributed by atoms with Crippen LogP contribution in [0.4, 0.5) is 5.69 Å². The Kier molecular flexibility index (Phi) is 5.14. The summed E-state index contributed by atoms with van der Waals surface area (Å²) in [6.45, 7) is 4.00. The zero-order valence-electron chi connectivity index (χ0n) is 8.57. The molecule has 4 heteroatoms. The van der Waals surface area contributed by atoms with Gasteiger partial charge in [0, 0.05) is 5.69 Å². The number of ether oxygens (including phenoxy) is 1. The fourth-order valence-corrected chi connectivity index (χ4v) is 0.848. The Morgan fingerprint density at radius 2 is 2.00 bits per heavy atom. The molecule has 3 N–H and O–H groups in total. The summed E-state index contributed by atoms with van der Waals surface area (Å²) in [4.78, 5) is 10.6. The number of benzene rings is 1. The first kappa shape index (κ1) is 12.3. The van der Waals surface area contributed by atoms with E-state index in [-0.39, 0.29) is 11.3 Å². The molecular weight excluding hydrogens is 182 g/mol. The smallest absolute Gasteiger partial charge is 0.337 e. The van der Waals surface area contributed by atoms with Gasteiger partial charge in [0.25, 0.3) is 0 Å². The van der Waals surface area contributed by atoms with Crippen molar-refractivity contribution in [3.8, 4) is 5.75 Å². The van der Waals surface area contributed by atoms with Crippen LogP contribution in [0.15, 0.2) is 18.2 Å². The summed E-state index contributed by atoms with van der Waals surface area (Å²) in [5.41, 5.74) is 5.71. The molecule has 0 heterocycles. The summed E-state index contributed by atoms with van der Waals surface area (Å²) < 4.78 is 4.84. The molecule has 0 atom stereocenters. The molecule has 1 aromatic carbocycles. The molecule has 14 heavy (non-hydrogen) atoms. The molecule has 78 valence electrons. The van der Waals surface area contributed by atoms with Crippen molar-refractivity contribution in [2.75, 3.05) is 12.8 Å². The highest BCUT2D eigenvalue weighted by Gasteiger charge is 2.07. The summed E-state index contributed by atoms with van der Waals surface area (Å²) in [7, 11) is 1.47. The average Bonchev–Trinajstić information content (AvgIpc) is 2.21. The molecule has 0 saturated heterocycles. The Labute approximate surface area is 83.3 Å². The second kappa shape index (κ2) is 5.85. The van der Waals surface area contributed by atoms with E-state index in [1.165, 1.54) is 19.2 Å². The van der Waals surface area contributed by atoms with E-state index in [0.717, 1.165) is 0 Å². The largest absolute Gasteiger partial charge is 0.497 e. The fourth-order valence-electron chi connectivity index (χ4n) is 0.848. The van der Waals surface area contributed by atoms with Gasteiger partial charge in [0.2, 0.25) is 0 Å². The van der Waals surface area contributed by atoms with Gasteiger partial charge in [0.1, 0.15) is 5.75 Å². The van der Waals surface area contributed by atoms with E-state index < -0.39 is 5.97 Å². The van der Waals surface area contributed by atoms with Crippen LogP contribution in [0.2, 0.25) is 0 Å². The Morgan fingerprint density at radius 3 is 2.43 bits per heavy atom. The number of aromatic carboxylic acids is 1. The Hall–Kier alpha value is -1.71. The van der Waals surface area contributed by atoms with E-state index >= 15 is 0 Å². The Balaban J connectivity index is 0.000000791. The normalized spacial score (nSPS) is 8.50. The average molecular weight is 197 g/mol. The topological polar surface area (TPSA) is 72.5 Å². The van der Waals surface area contributed by atoms with Crippen LogP contribution in [0.25, 0.3) is 0 Å². The number of carboxylic acid groups (broad SMARTS) is 1. The Bertz CT molecular complexity index is 310. The lowest BCUT2D eigenvalue weighted by Crippen LogP contribution is -2.02. The first-order valence-electron chi connectivity index (χ1n) is 4.32. The molecule has 4 nitrogen and oxygen atoms in total. The molecule has 1 aromatic rings. The van der Waals surface area contributed by atoms with Crippen LogP contribution in [0, 0.1) is 0 Å². The first-order valence-corrected chi connectivity index (χ1v) is 4.32. The van der Waals surface area contributed by atoms with Crippen molar-refractivity contribution in [3.05, 3.63) is 23.8 Å². The monoisotopic (exact) mass is 197 g/mol. The Morgan fingerprint density at radius 1 is 1.43 bits per heavy atom. The third kappa shape index (κ3) is 2.97. The number of anilines is 1. The zero-order chi connectivity index (χ0) is 11.1. The van der Waals surface area contributed by atoms with Gasteiger partial charge in [-0.15, -0.1) is 0 Å². The predicted octanol–water partition coefficient (Wildman–Crippen LogP) is 2.00. The summed E-state index contributed by atoms with van der Waals surface area (Å²) in [6, 6.07) is 4.50. The molecule has 0 aliphatic carbocycles. The van der Waals surface area contributed by atoms with Gasteiger partial charge in [0.15, 0.2) is 0 Å². The number of hydrogen-bond donors (Lipinski definition) is 2. The minimum atomic E-state index is -1.05. The van der Waals surface area contributed by atoms with E-state index in [2.05, 4.69) is 0 Å². The van der Waals surface area contributed by atoms with Gasteiger partial charge in [0.05, 0.1) is 12.7 Å². The predicted molar refractivity (Wildman–Crippen MR) is 55.7 cm³/mol. The quantitative estimate of drug-likeness (QED) is 0.711. The van der Waals surface area contributed by atoms with E-state index in [1.807, 2.05) is 13.8 Å². The molecule has 0 bridgehead atoms. The lowest BCUT2D eigenvalue weighted by molar-refractivity contribution is 0.0697. The maximum Gasteiger partial charge on any atom is 0.337 e. The van der Waals surface area contributed by atoms with Crippen molar-refractivity contribution in [1.82, 2.24) is 0 Å². The number of carbonyl (C=O) groups is 1. The molecule has 0 aliphatic rings. The van der Waals surface area contributed by atoms with Crippen molar-refractivity contribution in [3.63, 3.8) is 0 Å². The molecule has 0 aromatic heterocycles. The number of rotatable bonds is 2.